The van der Waals surface area contributed by atoms with Gasteiger partial charge in [-0.3, -0.25) is 0 Å². The molecule has 3 fully saturated rings. The van der Waals surface area contributed by atoms with Crippen molar-refractivity contribution in [1.82, 2.24) is 24.7 Å². The molecular formula is C20H30N6O2S. The van der Waals surface area contributed by atoms with Gasteiger partial charge in [0, 0.05) is 25.6 Å². The molecule has 3 saturated heterocycles. The first-order chi connectivity index (χ1) is 14.1. The van der Waals surface area contributed by atoms with Crippen molar-refractivity contribution in [3.8, 4) is 0 Å². The quantitative estimate of drug-likeness (QED) is 0.748. The molecular weight excluding hydrogens is 388 g/mol. The molecule has 2 aromatic rings. The molecule has 0 amide bonds. The van der Waals surface area contributed by atoms with E-state index in [-0.39, 0.29) is 0 Å². The van der Waals surface area contributed by atoms with E-state index in [9.17, 15) is 8.42 Å². The number of aromatic nitrogens is 4. The van der Waals surface area contributed by atoms with Gasteiger partial charge >= 0.3 is 0 Å². The summed E-state index contributed by atoms with van der Waals surface area (Å²) in [5, 5.41) is 13.7. The lowest BCUT2D eigenvalue weighted by atomic mass is 9.94. The number of piperidine rings is 1. The zero-order valence-electron chi connectivity index (χ0n) is 16.9. The molecule has 0 atom stereocenters. The number of hydrogen-bond donors (Lipinski definition) is 0. The molecule has 0 aliphatic carbocycles. The Labute approximate surface area is 172 Å². The summed E-state index contributed by atoms with van der Waals surface area (Å²) in [6, 6.07) is 4.09. The maximum absolute atomic E-state index is 11.6. The van der Waals surface area contributed by atoms with Gasteiger partial charge in [-0.1, -0.05) is 0 Å². The molecule has 3 aliphatic rings. The number of likely N-dealkylation sites (tertiary alicyclic amines) is 1. The van der Waals surface area contributed by atoms with Crippen LogP contribution in [0, 0.1) is 5.92 Å². The smallest absolute Gasteiger partial charge is 0.178 e. The largest absolute Gasteiger partial charge is 0.355 e. The lowest BCUT2D eigenvalue weighted by Crippen LogP contribution is -2.39. The number of anilines is 1. The highest BCUT2D eigenvalue weighted by Crippen LogP contribution is 2.29. The number of fused-ring (bicyclic) bond motifs is 1. The van der Waals surface area contributed by atoms with Crippen LogP contribution in [-0.2, 0) is 9.84 Å². The van der Waals surface area contributed by atoms with Crippen LogP contribution in [0.1, 0.15) is 50.3 Å². The van der Waals surface area contributed by atoms with E-state index in [2.05, 4.69) is 26.1 Å². The maximum atomic E-state index is 11.6. The molecule has 3 aliphatic heterocycles. The van der Waals surface area contributed by atoms with Crippen LogP contribution in [0.2, 0.25) is 0 Å². The van der Waals surface area contributed by atoms with E-state index in [1.807, 2.05) is 10.6 Å². The molecule has 8 nitrogen and oxygen atoms in total. The highest BCUT2D eigenvalue weighted by molar-refractivity contribution is 7.91. The fourth-order valence-electron chi connectivity index (χ4n) is 5.03. The van der Waals surface area contributed by atoms with Crippen LogP contribution in [0.15, 0.2) is 12.1 Å². The topological polar surface area (TPSA) is 83.7 Å². The van der Waals surface area contributed by atoms with Crippen LogP contribution in [0.25, 0.3) is 5.65 Å². The van der Waals surface area contributed by atoms with E-state index in [0.717, 1.165) is 75.7 Å². The minimum absolute atomic E-state index is 0.366. The van der Waals surface area contributed by atoms with Gasteiger partial charge in [-0.05, 0) is 69.7 Å². The van der Waals surface area contributed by atoms with E-state index in [1.54, 1.807) is 0 Å². The predicted octanol–water partition coefficient (Wildman–Crippen LogP) is 1.73. The van der Waals surface area contributed by atoms with Gasteiger partial charge < -0.3 is 9.80 Å². The average Bonchev–Trinajstić information content (AvgIpc) is 3.40. The van der Waals surface area contributed by atoms with Crippen LogP contribution in [0.5, 0.6) is 0 Å². The molecule has 0 spiro atoms. The minimum atomic E-state index is -2.77. The molecule has 0 N–H and O–H groups in total. The Morgan fingerprint density at radius 3 is 2.38 bits per heavy atom. The van der Waals surface area contributed by atoms with Crippen molar-refractivity contribution in [2.75, 3.05) is 49.1 Å². The van der Waals surface area contributed by atoms with Crippen molar-refractivity contribution >= 4 is 21.3 Å². The van der Waals surface area contributed by atoms with Gasteiger partial charge in [0.05, 0.1) is 11.5 Å². The normalized spacial score (nSPS) is 24.5. The van der Waals surface area contributed by atoms with Crippen LogP contribution in [-0.4, -0.2) is 77.4 Å². The standard InChI is InChI=1S/C20H30N6O2S/c27-29(28)13-7-16(8-14-29)15-24-11-5-17(6-12-24)20-22-21-18-3-4-19(23-26(18)20)25-9-1-2-10-25/h3-4,16-17H,1-2,5-15H2. The number of nitrogens with zero attached hydrogens (tertiary/aromatic N) is 6. The average molecular weight is 419 g/mol. The molecule has 0 bridgehead atoms. The van der Waals surface area contributed by atoms with Gasteiger partial charge in [-0.15, -0.1) is 15.3 Å². The highest BCUT2D eigenvalue weighted by atomic mass is 32.2. The van der Waals surface area contributed by atoms with Gasteiger partial charge in [-0.2, -0.15) is 4.52 Å². The van der Waals surface area contributed by atoms with Gasteiger partial charge in [0.15, 0.2) is 11.5 Å². The molecule has 158 valence electrons. The molecule has 5 heterocycles. The summed E-state index contributed by atoms with van der Waals surface area (Å²) in [6.07, 6.45) is 6.23. The van der Waals surface area contributed by atoms with Crippen molar-refractivity contribution < 1.29 is 8.42 Å². The van der Waals surface area contributed by atoms with Crippen LogP contribution < -0.4 is 4.90 Å². The number of sulfone groups is 1. The molecule has 2 aromatic heterocycles. The van der Waals surface area contributed by atoms with Crippen molar-refractivity contribution in [3.05, 3.63) is 18.0 Å². The Morgan fingerprint density at radius 1 is 0.931 bits per heavy atom. The van der Waals surface area contributed by atoms with Crippen molar-refractivity contribution in [3.63, 3.8) is 0 Å². The fourth-order valence-corrected chi connectivity index (χ4v) is 6.61. The monoisotopic (exact) mass is 418 g/mol. The summed E-state index contributed by atoms with van der Waals surface area (Å²) < 4.78 is 25.2. The summed E-state index contributed by atoms with van der Waals surface area (Å²) in [5.74, 6) is 3.66. The van der Waals surface area contributed by atoms with Crippen molar-refractivity contribution in [2.24, 2.45) is 5.92 Å². The second-order valence-corrected chi connectivity index (χ2v) is 11.2. The summed E-state index contributed by atoms with van der Waals surface area (Å²) in [5.41, 5.74) is 0.828. The lowest BCUT2D eigenvalue weighted by molar-refractivity contribution is 0.174. The van der Waals surface area contributed by atoms with E-state index in [1.165, 1.54) is 12.8 Å². The second kappa shape index (κ2) is 7.83. The predicted molar refractivity (Wildman–Crippen MR) is 112 cm³/mol. The van der Waals surface area contributed by atoms with Crippen LogP contribution >= 0.6 is 0 Å². The van der Waals surface area contributed by atoms with Gasteiger partial charge in [0.2, 0.25) is 0 Å². The fraction of sp³-hybridized carbons (Fsp3) is 0.750. The Balaban J connectivity index is 1.22. The van der Waals surface area contributed by atoms with Gasteiger partial charge in [0.1, 0.15) is 15.7 Å². The Hall–Kier alpha value is -1.74. The van der Waals surface area contributed by atoms with E-state index in [0.29, 0.717) is 23.3 Å². The van der Waals surface area contributed by atoms with Gasteiger partial charge in [-0.25, -0.2) is 8.42 Å². The molecule has 5 rings (SSSR count). The first-order valence-corrected chi connectivity index (χ1v) is 12.8. The number of hydrogen-bond acceptors (Lipinski definition) is 7. The first kappa shape index (κ1) is 19.2. The maximum Gasteiger partial charge on any atom is 0.178 e. The Morgan fingerprint density at radius 2 is 1.66 bits per heavy atom. The highest BCUT2D eigenvalue weighted by Gasteiger charge is 2.29. The lowest BCUT2D eigenvalue weighted by Gasteiger charge is -2.34. The second-order valence-electron chi connectivity index (χ2n) is 8.88. The van der Waals surface area contributed by atoms with E-state index < -0.39 is 9.84 Å². The molecule has 9 heteroatoms. The number of rotatable bonds is 4. The van der Waals surface area contributed by atoms with E-state index in [4.69, 9.17) is 5.10 Å². The van der Waals surface area contributed by atoms with Crippen molar-refractivity contribution in [2.45, 2.75) is 44.4 Å². The summed E-state index contributed by atoms with van der Waals surface area (Å²) in [6.45, 7) is 5.26. The first-order valence-electron chi connectivity index (χ1n) is 11.0. The Bertz CT molecular complexity index is 947. The van der Waals surface area contributed by atoms with Crippen LogP contribution in [0.3, 0.4) is 0 Å². The molecule has 0 radical (unpaired) electrons. The molecule has 0 saturated carbocycles. The minimum Gasteiger partial charge on any atom is -0.355 e. The zero-order valence-corrected chi connectivity index (χ0v) is 17.7. The summed E-state index contributed by atoms with van der Waals surface area (Å²) >= 11 is 0. The third kappa shape index (κ3) is 4.12. The summed E-state index contributed by atoms with van der Waals surface area (Å²) in [7, 11) is -2.77. The third-order valence-electron chi connectivity index (χ3n) is 6.85. The van der Waals surface area contributed by atoms with Gasteiger partial charge in [0.25, 0.3) is 0 Å². The molecule has 0 unspecified atom stereocenters. The third-order valence-corrected chi connectivity index (χ3v) is 8.56. The van der Waals surface area contributed by atoms with Crippen molar-refractivity contribution in [1.29, 1.82) is 0 Å². The van der Waals surface area contributed by atoms with E-state index >= 15 is 0 Å². The summed E-state index contributed by atoms with van der Waals surface area (Å²) in [4.78, 5) is 4.85. The molecule has 0 aromatic carbocycles. The molecule has 29 heavy (non-hydrogen) atoms. The Kier molecular flexibility index (Phi) is 5.19. The van der Waals surface area contributed by atoms with Crippen LogP contribution in [0.4, 0.5) is 5.82 Å². The SMILES string of the molecule is O=S1(=O)CCC(CN2CCC(c3nnc4ccc(N5CCCC5)nn34)CC2)CC1. The zero-order chi connectivity index (χ0) is 19.8.